The number of carboxylic acid groups (broad SMARTS) is 1. The summed E-state index contributed by atoms with van der Waals surface area (Å²) in [5, 5.41) is 19.5. The Bertz CT molecular complexity index is 253. The van der Waals surface area contributed by atoms with Crippen molar-refractivity contribution in [3.8, 4) is 0 Å². The third-order valence-corrected chi connectivity index (χ3v) is 4.29. The minimum atomic E-state index is -1.49. The van der Waals surface area contributed by atoms with Gasteiger partial charge in [-0.25, -0.2) is 4.79 Å². The molecular weight excluding hydrogens is 264 g/mol. The van der Waals surface area contributed by atoms with Gasteiger partial charge in [0, 0.05) is 0 Å². The van der Waals surface area contributed by atoms with E-state index in [2.05, 4.69) is 13.8 Å². The van der Waals surface area contributed by atoms with Gasteiger partial charge in [-0.1, -0.05) is 78.1 Å². The van der Waals surface area contributed by atoms with E-state index in [-0.39, 0.29) is 0 Å². The number of rotatable bonds is 15. The molecule has 1 unspecified atom stereocenters. The maximum atomic E-state index is 11.3. The second-order valence-corrected chi connectivity index (χ2v) is 6.37. The van der Waals surface area contributed by atoms with Crippen LogP contribution >= 0.6 is 0 Å². The summed E-state index contributed by atoms with van der Waals surface area (Å²) in [7, 11) is 0. The van der Waals surface area contributed by atoms with Gasteiger partial charge in [0.15, 0.2) is 5.60 Å². The molecule has 0 radical (unpaired) electrons. The maximum Gasteiger partial charge on any atom is 0.335 e. The molecule has 0 heterocycles. The van der Waals surface area contributed by atoms with Crippen molar-refractivity contribution in [3.63, 3.8) is 0 Å². The molecular formula is C18H36O3. The molecule has 0 aliphatic heterocycles. The first-order chi connectivity index (χ1) is 10.1. The predicted molar refractivity (Wildman–Crippen MR) is 88.6 cm³/mol. The Kier molecular flexibility index (Phi) is 12.8. The van der Waals surface area contributed by atoms with Crippen LogP contribution in [0.15, 0.2) is 0 Å². The number of aliphatic hydroxyl groups is 1. The predicted octanol–water partition coefficient (Wildman–Crippen LogP) is 5.30. The molecule has 0 saturated heterocycles. The van der Waals surface area contributed by atoms with Crippen molar-refractivity contribution < 1.29 is 15.0 Å². The van der Waals surface area contributed by atoms with Gasteiger partial charge in [0.2, 0.25) is 0 Å². The first kappa shape index (κ1) is 20.4. The van der Waals surface area contributed by atoms with Crippen LogP contribution in [0.3, 0.4) is 0 Å². The lowest BCUT2D eigenvalue weighted by atomic mass is 9.90. The normalized spacial score (nSPS) is 14.0. The van der Waals surface area contributed by atoms with Crippen LogP contribution in [0.25, 0.3) is 0 Å². The third kappa shape index (κ3) is 10.8. The standard InChI is InChI=1S/C18H36O3/c1-3-5-7-9-10-11-12-14-16-18(21,17(19)20)15-13-8-6-4-2/h21H,3-16H2,1-2H3,(H,19,20). The van der Waals surface area contributed by atoms with Gasteiger partial charge in [-0.05, 0) is 25.7 Å². The molecule has 21 heavy (non-hydrogen) atoms. The summed E-state index contributed by atoms with van der Waals surface area (Å²) in [4.78, 5) is 11.3. The highest BCUT2D eigenvalue weighted by Crippen LogP contribution is 2.23. The average Bonchev–Trinajstić information content (AvgIpc) is 2.46. The minimum Gasteiger partial charge on any atom is -0.479 e. The summed E-state index contributed by atoms with van der Waals surface area (Å²) in [6.45, 7) is 4.34. The molecule has 2 N–H and O–H groups in total. The van der Waals surface area contributed by atoms with Gasteiger partial charge >= 0.3 is 5.97 Å². The zero-order chi connectivity index (χ0) is 16.0. The molecule has 0 aliphatic carbocycles. The van der Waals surface area contributed by atoms with Gasteiger partial charge in [0.25, 0.3) is 0 Å². The molecule has 0 aromatic carbocycles. The quantitative estimate of drug-likeness (QED) is 0.403. The van der Waals surface area contributed by atoms with E-state index in [0.29, 0.717) is 12.8 Å². The van der Waals surface area contributed by atoms with Crippen LogP contribution in [0, 0.1) is 0 Å². The van der Waals surface area contributed by atoms with Crippen molar-refractivity contribution in [3.05, 3.63) is 0 Å². The van der Waals surface area contributed by atoms with Crippen LogP contribution in [0.5, 0.6) is 0 Å². The summed E-state index contributed by atoms with van der Waals surface area (Å²) < 4.78 is 0. The van der Waals surface area contributed by atoms with Crippen molar-refractivity contribution in [2.75, 3.05) is 0 Å². The van der Waals surface area contributed by atoms with E-state index < -0.39 is 11.6 Å². The van der Waals surface area contributed by atoms with Gasteiger partial charge in [-0.15, -0.1) is 0 Å². The Morgan fingerprint density at radius 1 is 0.714 bits per heavy atom. The molecule has 0 fully saturated rings. The number of carboxylic acids is 1. The second-order valence-electron chi connectivity index (χ2n) is 6.37. The van der Waals surface area contributed by atoms with Gasteiger partial charge in [-0.2, -0.15) is 0 Å². The van der Waals surface area contributed by atoms with Crippen LogP contribution in [0.1, 0.15) is 104 Å². The molecule has 3 heteroatoms. The summed E-state index contributed by atoms with van der Waals surface area (Å²) >= 11 is 0. The van der Waals surface area contributed by atoms with Crippen molar-refractivity contribution in [2.24, 2.45) is 0 Å². The number of unbranched alkanes of at least 4 members (excludes halogenated alkanes) is 10. The monoisotopic (exact) mass is 300 g/mol. The highest BCUT2D eigenvalue weighted by molar-refractivity contribution is 5.76. The van der Waals surface area contributed by atoms with E-state index in [1.54, 1.807) is 0 Å². The van der Waals surface area contributed by atoms with Crippen LogP contribution in [-0.2, 0) is 4.79 Å². The zero-order valence-electron chi connectivity index (χ0n) is 14.2. The SMILES string of the molecule is CCCCCCCCCCC(O)(CCCCCC)C(=O)O. The molecule has 1 atom stereocenters. The van der Waals surface area contributed by atoms with Crippen molar-refractivity contribution in [2.45, 2.75) is 109 Å². The van der Waals surface area contributed by atoms with Crippen LogP contribution in [0.2, 0.25) is 0 Å². The molecule has 0 aromatic rings. The van der Waals surface area contributed by atoms with Crippen LogP contribution in [-0.4, -0.2) is 21.8 Å². The molecule has 0 rings (SSSR count). The number of carbonyl (C=O) groups is 1. The summed E-state index contributed by atoms with van der Waals surface area (Å²) in [5.74, 6) is -1.04. The van der Waals surface area contributed by atoms with E-state index >= 15 is 0 Å². The maximum absolute atomic E-state index is 11.3. The smallest absolute Gasteiger partial charge is 0.335 e. The fraction of sp³-hybridized carbons (Fsp3) is 0.944. The molecule has 0 saturated carbocycles. The van der Waals surface area contributed by atoms with E-state index in [1.165, 1.54) is 32.1 Å². The lowest BCUT2D eigenvalue weighted by molar-refractivity contribution is -0.160. The summed E-state index contributed by atoms with van der Waals surface area (Å²) in [5.41, 5.74) is -1.49. The first-order valence-corrected chi connectivity index (χ1v) is 9.02. The summed E-state index contributed by atoms with van der Waals surface area (Å²) in [6.07, 6.45) is 14.3. The van der Waals surface area contributed by atoms with Crippen molar-refractivity contribution >= 4 is 5.97 Å². The molecule has 0 spiro atoms. The van der Waals surface area contributed by atoms with Gasteiger partial charge in [0.05, 0.1) is 0 Å². The zero-order valence-corrected chi connectivity index (χ0v) is 14.2. The Morgan fingerprint density at radius 2 is 1.05 bits per heavy atom. The Labute approximate surface area is 131 Å². The van der Waals surface area contributed by atoms with Crippen LogP contribution in [0.4, 0.5) is 0 Å². The molecule has 126 valence electrons. The van der Waals surface area contributed by atoms with Gasteiger partial charge < -0.3 is 10.2 Å². The molecule has 0 bridgehead atoms. The molecule has 0 aliphatic rings. The van der Waals surface area contributed by atoms with E-state index in [1.807, 2.05) is 0 Å². The molecule has 0 amide bonds. The lowest BCUT2D eigenvalue weighted by Gasteiger charge is -2.23. The first-order valence-electron chi connectivity index (χ1n) is 9.02. The highest BCUT2D eigenvalue weighted by atomic mass is 16.4. The van der Waals surface area contributed by atoms with Crippen molar-refractivity contribution in [1.29, 1.82) is 0 Å². The minimum absolute atomic E-state index is 0.402. The molecule has 3 nitrogen and oxygen atoms in total. The fourth-order valence-electron chi connectivity index (χ4n) is 2.73. The van der Waals surface area contributed by atoms with E-state index in [9.17, 15) is 15.0 Å². The largest absolute Gasteiger partial charge is 0.479 e. The fourth-order valence-corrected chi connectivity index (χ4v) is 2.73. The Balaban J connectivity index is 3.75. The van der Waals surface area contributed by atoms with E-state index in [4.69, 9.17) is 0 Å². The third-order valence-electron chi connectivity index (χ3n) is 4.29. The van der Waals surface area contributed by atoms with Gasteiger partial charge in [-0.3, -0.25) is 0 Å². The number of hydrogen-bond acceptors (Lipinski definition) is 2. The second kappa shape index (κ2) is 13.1. The number of aliphatic carboxylic acids is 1. The number of hydrogen-bond donors (Lipinski definition) is 2. The van der Waals surface area contributed by atoms with Crippen LogP contribution < -0.4 is 0 Å². The molecule has 0 aromatic heterocycles. The summed E-state index contributed by atoms with van der Waals surface area (Å²) in [6, 6.07) is 0. The average molecular weight is 300 g/mol. The van der Waals surface area contributed by atoms with Crippen molar-refractivity contribution in [1.82, 2.24) is 0 Å². The van der Waals surface area contributed by atoms with E-state index in [0.717, 1.165) is 44.9 Å². The lowest BCUT2D eigenvalue weighted by Crippen LogP contribution is -2.38. The Morgan fingerprint density at radius 3 is 1.43 bits per heavy atom. The highest BCUT2D eigenvalue weighted by Gasteiger charge is 2.34. The topological polar surface area (TPSA) is 57.5 Å². The Hall–Kier alpha value is -0.570. The van der Waals surface area contributed by atoms with Gasteiger partial charge in [0.1, 0.15) is 0 Å².